The minimum atomic E-state index is -4.57. The van der Waals surface area contributed by atoms with Gasteiger partial charge >= 0.3 is 12.4 Å². The van der Waals surface area contributed by atoms with E-state index in [1.54, 1.807) is 13.8 Å². The Balaban J connectivity index is 2.84. The third kappa shape index (κ3) is 4.98. The van der Waals surface area contributed by atoms with Crippen molar-refractivity contribution in [3.05, 3.63) is 15.6 Å². The van der Waals surface area contributed by atoms with Gasteiger partial charge < -0.3 is 5.32 Å². The van der Waals surface area contributed by atoms with Crippen molar-refractivity contribution >= 4 is 11.3 Å². The van der Waals surface area contributed by atoms with Crippen LogP contribution in [0, 0.1) is 0 Å². The summed E-state index contributed by atoms with van der Waals surface area (Å²) in [5, 5.41) is 1.05. The molecule has 0 atom stereocenters. The lowest BCUT2D eigenvalue weighted by Gasteiger charge is -2.09. The van der Waals surface area contributed by atoms with Gasteiger partial charge in [0, 0.05) is 11.4 Å². The summed E-state index contributed by atoms with van der Waals surface area (Å²) in [6, 6.07) is 0. The molecular formula is C10H12F6N2S. The maximum atomic E-state index is 12.5. The average molecular weight is 306 g/mol. The van der Waals surface area contributed by atoms with E-state index in [1.807, 2.05) is 0 Å². The highest BCUT2D eigenvalue weighted by Crippen LogP contribution is 2.36. The summed E-state index contributed by atoms with van der Waals surface area (Å²) in [6.45, 7) is 1.76. The SMILES string of the molecule is CC(C)c1nc(C(F)(F)F)sc1CNCC(F)(F)F. The Bertz CT molecular complexity index is 421. The Labute approximate surface area is 109 Å². The topological polar surface area (TPSA) is 24.9 Å². The van der Waals surface area contributed by atoms with Gasteiger partial charge in [0.25, 0.3) is 0 Å². The molecule has 0 spiro atoms. The number of nitrogens with zero attached hydrogens (tertiary/aromatic N) is 1. The van der Waals surface area contributed by atoms with Gasteiger partial charge in [-0.05, 0) is 5.92 Å². The van der Waals surface area contributed by atoms with Crippen molar-refractivity contribution in [1.82, 2.24) is 10.3 Å². The van der Waals surface area contributed by atoms with E-state index in [9.17, 15) is 26.3 Å². The van der Waals surface area contributed by atoms with Crippen LogP contribution in [0.4, 0.5) is 26.3 Å². The van der Waals surface area contributed by atoms with Crippen molar-refractivity contribution < 1.29 is 26.3 Å². The molecule has 1 heterocycles. The van der Waals surface area contributed by atoms with Gasteiger partial charge in [-0.2, -0.15) is 26.3 Å². The van der Waals surface area contributed by atoms with Crippen LogP contribution in [0.1, 0.15) is 35.3 Å². The van der Waals surface area contributed by atoms with Gasteiger partial charge in [0.15, 0.2) is 5.01 Å². The number of hydrogen-bond acceptors (Lipinski definition) is 3. The highest BCUT2D eigenvalue weighted by Gasteiger charge is 2.36. The first-order chi connectivity index (χ1) is 8.50. The van der Waals surface area contributed by atoms with Crippen LogP contribution < -0.4 is 5.32 Å². The van der Waals surface area contributed by atoms with Crippen LogP contribution in [-0.2, 0) is 12.7 Å². The second-order valence-electron chi connectivity index (χ2n) is 4.20. The predicted octanol–water partition coefficient (Wildman–Crippen LogP) is 3.94. The standard InChI is InChI=1S/C10H12F6N2S/c1-5(2)7-6(3-17-4-9(11,12)13)19-8(18-7)10(14,15)16/h5,17H,3-4H2,1-2H3. The van der Waals surface area contributed by atoms with E-state index in [4.69, 9.17) is 0 Å². The summed E-state index contributed by atoms with van der Waals surface area (Å²) in [5.41, 5.74) is 0.187. The molecule has 0 aliphatic rings. The Morgan fingerprint density at radius 2 is 1.74 bits per heavy atom. The van der Waals surface area contributed by atoms with Crippen LogP contribution in [-0.4, -0.2) is 17.7 Å². The first kappa shape index (κ1) is 16.2. The van der Waals surface area contributed by atoms with Gasteiger partial charge in [-0.3, -0.25) is 0 Å². The van der Waals surface area contributed by atoms with Crippen LogP contribution in [0.25, 0.3) is 0 Å². The highest BCUT2D eigenvalue weighted by atomic mass is 32.1. The van der Waals surface area contributed by atoms with Crippen LogP contribution in [0.15, 0.2) is 0 Å². The first-order valence-electron chi connectivity index (χ1n) is 5.35. The largest absolute Gasteiger partial charge is 0.443 e. The van der Waals surface area contributed by atoms with Gasteiger partial charge in [0.2, 0.25) is 0 Å². The number of thiazole rings is 1. The van der Waals surface area contributed by atoms with Crippen molar-refractivity contribution in [3.63, 3.8) is 0 Å². The van der Waals surface area contributed by atoms with Gasteiger partial charge in [0.1, 0.15) is 0 Å². The second-order valence-corrected chi connectivity index (χ2v) is 5.28. The lowest BCUT2D eigenvalue weighted by Crippen LogP contribution is -2.28. The lowest BCUT2D eigenvalue weighted by molar-refractivity contribution is -0.137. The maximum absolute atomic E-state index is 12.5. The zero-order valence-electron chi connectivity index (χ0n) is 10.1. The van der Waals surface area contributed by atoms with E-state index in [0.717, 1.165) is 0 Å². The molecule has 1 rings (SSSR count). The first-order valence-corrected chi connectivity index (χ1v) is 6.16. The molecule has 0 unspecified atom stereocenters. The minimum absolute atomic E-state index is 0.187. The molecule has 0 saturated carbocycles. The van der Waals surface area contributed by atoms with Crippen molar-refractivity contribution in [1.29, 1.82) is 0 Å². The molecule has 0 radical (unpaired) electrons. The molecule has 0 aliphatic heterocycles. The van der Waals surface area contributed by atoms with Gasteiger partial charge in [-0.25, -0.2) is 4.98 Å². The maximum Gasteiger partial charge on any atom is 0.443 e. The van der Waals surface area contributed by atoms with Crippen LogP contribution in [0.3, 0.4) is 0 Å². The Kier molecular flexibility index (Phi) is 4.83. The summed E-state index contributed by atoms with van der Waals surface area (Å²) in [5.74, 6) is -0.282. The molecule has 0 amide bonds. The molecule has 0 aliphatic carbocycles. The van der Waals surface area contributed by atoms with Gasteiger partial charge in [0.05, 0.1) is 12.2 Å². The van der Waals surface area contributed by atoms with Crippen LogP contribution in [0.2, 0.25) is 0 Å². The Morgan fingerprint density at radius 1 is 1.16 bits per heavy atom. The molecule has 0 bridgehead atoms. The molecule has 1 aromatic rings. The molecule has 9 heteroatoms. The van der Waals surface area contributed by atoms with E-state index in [2.05, 4.69) is 10.3 Å². The molecule has 2 nitrogen and oxygen atoms in total. The van der Waals surface area contributed by atoms with Crippen molar-refractivity contribution in [2.75, 3.05) is 6.54 Å². The van der Waals surface area contributed by atoms with Crippen molar-refractivity contribution in [2.45, 2.75) is 38.7 Å². The average Bonchev–Trinajstić information content (AvgIpc) is 2.59. The van der Waals surface area contributed by atoms with Crippen LogP contribution >= 0.6 is 11.3 Å². The summed E-state index contributed by atoms with van der Waals surface area (Å²) >= 11 is 0.379. The number of rotatable bonds is 4. The number of hydrogen-bond donors (Lipinski definition) is 1. The zero-order valence-corrected chi connectivity index (χ0v) is 10.9. The number of alkyl halides is 6. The quantitative estimate of drug-likeness (QED) is 0.852. The molecule has 0 aromatic carbocycles. The molecule has 0 saturated heterocycles. The fraction of sp³-hybridized carbons (Fsp3) is 0.700. The van der Waals surface area contributed by atoms with E-state index < -0.39 is 23.9 Å². The fourth-order valence-electron chi connectivity index (χ4n) is 1.38. The van der Waals surface area contributed by atoms with E-state index >= 15 is 0 Å². The van der Waals surface area contributed by atoms with E-state index in [0.29, 0.717) is 11.3 Å². The summed E-state index contributed by atoms with van der Waals surface area (Å²) < 4.78 is 73.4. The molecule has 1 aromatic heterocycles. The highest BCUT2D eigenvalue weighted by molar-refractivity contribution is 7.11. The fourth-order valence-corrected chi connectivity index (χ4v) is 2.43. The van der Waals surface area contributed by atoms with Crippen LogP contribution in [0.5, 0.6) is 0 Å². The summed E-state index contributed by atoms with van der Waals surface area (Å²) in [7, 11) is 0. The lowest BCUT2D eigenvalue weighted by atomic mass is 10.1. The number of nitrogens with one attached hydrogen (secondary N) is 1. The van der Waals surface area contributed by atoms with Crippen molar-refractivity contribution in [3.8, 4) is 0 Å². The summed E-state index contributed by atoms with van der Waals surface area (Å²) in [6.07, 6.45) is -8.97. The molecule has 110 valence electrons. The Hall–Kier alpha value is -0.830. The number of aromatic nitrogens is 1. The number of halogens is 6. The molecule has 1 N–H and O–H groups in total. The van der Waals surface area contributed by atoms with E-state index in [1.165, 1.54) is 0 Å². The monoisotopic (exact) mass is 306 g/mol. The Morgan fingerprint density at radius 3 is 2.16 bits per heavy atom. The summed E-state index contributed by atoms with van der Waals surface area (Å²) in [4.78, 5) is 3.65. The molecule has 19 heavy (non-hydrogen) atoms. The second kappa shape index (κ2) is 5.66. The molecule has 0 fully saturated rings. The minimum Gasteiger partial charge on any atom is -0.304 e. The third-order valence-electron chi connectivity index (χ3n) is 2.13. The smallest absolute Gasteiger partial charge is 0.304 e. The third-order valence-corrected chi connectivity index (χ3v) is 3.24. The van der Waals surface area contributed by atoms with Gasteiger partial charge in [-0.1, -0.05) is 13.8 Å². The van der Waals surface area contributed by atoms with E-state index in [-0.39, 0.29) is 23.0 Å². The van der Waals surface area contributed by atoms with Gasteiger partial charge in [-0.15, -0.1) is 11.3 Å². The zero-order chi connectivity index (χ0) is 14.8. The van der Waals surface area contributed by atoms with Crippen molar-refractivity contribution in [2.24, 2.45) is 0 Å². The predicted molar refractivity (Wildman–Crippen MR) is 59.0 cm³/mol. The molecular weight excluding hydrogens is 294 g/mol. The normalized spacial score (nSPS) is 13.3.